The van der Waals surface area contributed by atoms with Crippen LogP contribution >= 0.6 is 8.18 Å². The maximum Gasteiger partial charge on any atom is 0.613 e. The Morgan fingerprint density at radius 1 is 1.50 bits per heavy atom. The first-order valence-corrected chi connectivity index (χ1v) is 11.8. The number of carbonyl (C=O) groups is 1. The molecule has 12 heteroatoms. The van der Waals surface area contributed by atoms with Gasteiger partial charge in [-0.05, 0) is 55.2 Å². The van der Waals surface area contributed by atoms with Gasteiger partial charge in [-0.15, -0.1) is 4.52 Å². The summed E-state index contributed by atoms with van der Waals surface area (Å²) in [5.74, 6) is 0.305. The Labute approximate surface area is 186 Å². The fourth-order valence-electron chi connectivity index (χ4n) is 3.80. The van der Waals surface area contributed by atoms with Crippen molar-refractivity contribution >= 4 is 25.5 Å². The molecule has 11 nitrogen and oxygen atoms in total. The number of rotatable bonds is 9. The van der Waals surface area contributed by atoms with Crippen LogP contribution in [0.5, 0.6) is 0 Å². The summed E-state index contributed by atoms with van der Waals surface area (Å²) in [7, 11) is -2.39. The summed E-state index contributed by atoms with van der Waals surface area (Å²) in [6, 6.07) is 4.98. The van der Waals surface area contributed by atoms with E-state index in [0.29, 0.717) is 36.7 Å². The Morgan fingerprint density at radius 2 is 2.31 bits per heavy atom. The number of anilines is 1. The summed E-state index contributed by atoms with van der Waals surface area (Å²) in [4.78, 5) is 16.0. The second-order valence-corrected chi connectivity index (χ2v) is 9.29. The molecule has 2 fully saturated rings. The van der Waals surface area contributed by atoms with E-state index in [1.807, 2.05) is 6.07 Å². The molecular weight excluding hydrogens is 435 g/mol. The zero-order valence-corrected chi connectivity index (χ0v) is 18.7. The number of carbonyl (C=O) groups excluding carboxylic acids is 1. The maximum atomic E-state index is 12.3. The van der Waals surface area contributed by atoms with Gasteiger partial charge in [0.25, 0.3) is 0 Å². The molecule has 3 heterocycles. The Hall–Kier alpha value is -2.64. The van der Waals surface area contributed by atoms with Crippen LogP contribution in [-0.4, -0.2) is 45.4 Å². The highest BCUT2D eigenvalue weighted by atomic mass is 31.1. The van der Waals surface area contributed by atoms with Crippen molar-refractivity contribution in [3.05, 3.63) is 24.2 Å². The van der Waals surface area contributed by atoms with Gasteiger partial charge in [0.05, 0.1) is 12.3 Å². The lowest BCUT2D eigenvalue weighted by molar-refractivity contribution is -0.147. The highest BCUT2D eigenvalue weighted by Gasteiger charge is 2.45. The minimum absolute atomic E-state index is 0.202. The van der Waals surface area contributed by atoms with E-state index in [1.165, 1.54) is 12.7 Å². The van der Waals surface area contributed by atoms with Gasteiger partial charge in [-0.3, -0.25) is 4.79 Å². The van der Waals surface area contributed by atoms with Crippen LogP contribution in [0.4, 0.5) is 5.82 Å². The number of ether oxygens (including phenoxy) is 2. The molecular formula is C20H26N6O5P+. The van der Waals surface area contributed by atoms with Gasteiger partial charge in [0, 0.05) is 0 Å². The molecule has 0 spiro atoms. The molecule has 1 unspecified atom stereocenters. The Morgan fingerprint density at radius 3 is 3.03 bits per heavy atom. The molecule has 0 bridgehead atoms. The van der Waals surface area contributed by atoms with E-state index in [9.17, 15) is 14.6 Å². The fourth-order valence-corrected chi connectivity index (χ4v) is 4.62. The number of esters is 1. The molecule has 4 atom stereocenters. The molecule has 1 saturated carbocycles. The van der Waals surface area contributed by atoms with Crippen molar-refractivity contribution < 1.29 is 23.4 Å². The topological polar surface area (TPSA) is 154 Å². The van der Waals surface area contributed by atoms with Crippen LogP contribution in [0.25, 0.3) is 5.52 Å². The van der Waals surface area contributed by atoms with Crippen LogP contribution in [0.1, 0.15) is 50.8 Å². The van der Waals surface area contributed by atoms with E-state index in [4.69, 9.17) is 19.7 Å². The SMILES string of the molecule is C[C@H](N[P+](=O)OC[C@]1(C#N)CC[C@H](c2ccc3c(N)ncnn23)O1)C(=O)OCC1CCC1. The van der Waals surface area contributed by atoms with Gasteiger partial charge in [-0.25, -0.2) is 9.50 Å². The summed E-state index contributed by atoms with van der Waals surface area (Å²) in [5, 5.41) is 16.5. The van der Waals surface area contributed by atoms with E-state index < -0.39 is 31.9 Å². The van der Waals surface area contributed by atoms with E-state index in [2.05, 4.69) is 21.2 Å². The fraction of sp³-hybridized carbons (Fsp3) is 0.600. The summed E-state index contributed by atoms with van der Waals surface area (Å²) in [6.45, 7) is 1.75. The number of nitrogens with two attached hydrogens (primary N) is 1. The van der Waals surface area contributed by atoms with Crippen LogP contribution in [-0.2, 0) is 23.4 Å². The molecule has 1 aliphatic heterocycles. The lowest BCUT2D eigenvalue weighted by Crippen LogP contribution is -2.35. The van der Waals surface area contributed by atoms with Gasteiger partial charge >= 0.3 is 14.1 Å². The lowest BCUT2D eigenvalue weighted by atomic mass is 9.86. The normalized spacial score (nSPS) is 24.6. The Balaban J connectivity index is 1.30. The molecule has 32 heavy (non-hydrogen) atoms. The molecule has 3 N–H and O–H groups in total. The monoisotopic (exact) mass is 461 g/mol. The Bertz CT molecular complexity index is 1050. The zero-order valence-electron chi connectivity index (χ0n) is 17.8. The van der Waals surface area contributed by atoms with E-state index in [1.54, 1.807) is 17.5 Å². The number of fused-ring (bicyclic) bond motifs is 1. The van der Waals surface area contributed by atoms with Crippen molar-refractivity contribution in [1.29, 1.82) is 5.26 Å². The van der Waals surface area contributed by atoms with Gasteiger partial charge in [-0.2, -0.15) is 10.4 Å². The molecule has 2 aromatic heterocycles. The number of hydrogen-bond donors (Lipinski definition) is 2. The van der Waals surface area contributed by atoms with Crippen molar-refractivity contribution in [3.63, 3.8) is 0 Å². The number of nitrogens with zero attached hydrogens (tertiary/aromatic N) is 4. The molecule has 1 saturated heterocycles. The third-order valence-corrected chi connectivity index (χ3v) is 6.94. The van der Waals surface area contributed by atoms with Crippen molar-refractivity contribution in [2.24, 2.45) is 5.92 Å². The number of nitrogens with one attached hydrogen (secondary N) is 1. The minimum Gasteiger partial charge on any atom is -0.464 e. The Kier molecular flexibility index (Phi) is 6.67. The molecule has 2 aliphatic rings. The smallest absolute Gasteiger partial charge is 0.464 e. The van der Waals surface area contributed by atoms with Crippen LogP contribution in [0.2, 0.25) is 0 Å². The summed E-state index contributed by atoms with van der Waals surface area (Å²) >= 11 is 0. The lowest BCUT2D eigenvalue weighted by Gasteiger charge is -2.24. The van der Waals surface area contributed by atoms with Gasteiger partial charge in [0.15, 0.2) is 11.4 Å². The number of nitrogen functional groups attached to an aromatic ring is 1. The maximum absolute atomic E-state index is 12.3. The van der Waals surface area contributed by atoms with Gasteiger partial charge in [0.2, 0.25) is 0 Å². The first kappa shape index (κ1) is 22.6. The van der Waals surface area contributed by atoms with Crippen molar-refractivity contribution in [1.82, 2.24) is 19.7 Å². The average Bonchev–Trinajstić information content (AvgIpc) is 3.36. The van der Waals surface area contributed by atoms with Crippen molar-refractivity contribution in [2.75, 3.05) is 18.9 Å². The van der Waals surface area contributed by atoms with E-state index >= 15 is 0 Å². The van der Waals surface area contributed by atoms with E-state index in [0.717, 1.165) is 18.5 Å². The molecule has 2 aromatic rings. The van der Waals surface area contributed by atoms with Crippen LogP contribution in [0.3, 0.4) is 0 Å². The first-order chi connectivity index (χ1) is 15.4. The quantitative estimate of drug-likeness (QED) is 0.420. The minimum atomic E-state index is -2.39. The molecule has 0 radical (unpaired) electrons. The largest absolute Gasteiger partial charge is 0.613 e. The van der Waals surface area contributed by atoms with E-state index in [-0.39, 0.29) is 6.61 Å². The second-order valence-electron chi connectivity index (χ2n) is 8.26. The predicted molar refractivity (Wildman–Crippen MR) is 113 cm³/mol. The second kappa shape index (κ2) is 9.46. The highest BCUT2D eigenvalue weighted by Crippen LogP contribution is 2.41. The highest BCUT2D eigenvalue weighted by molar-refractivity contribution is 7.36. The van der Waals surface area contributed by atoms with Crippen LogP contribution < -0.4 is 10.8 Å². The van der Waals surface area contributed by atoms with Crippen LogP contribution in [0, 0.1) is 17.2 Å². The van der Waals surface area contributed by atoms with Crippen molar-refractivity contribution in [2.45, 2.75) is 56.8 Å². The molecule has 4 rings (SSSR count). The average molecular weight is 461 g/mol. The number of hydrogen-bond acceptors (Lipinski definition) is 9. The number of nitriles is 1. The zero-order chi connectivity index (χ0) is 22.7. The van der Waals surface area contributed by atoms with Crippen molar-refractivity contribution in [3.8, 4) is 6.07 Å². The number of aromatic nitrogens is 3. The van der Waals surface area contributed by atoms with Gasteiger partial charge in [-0.1, -0.05) is 11.5 Å². The van der Waals surface area contributed by atoms with Crippen LogP contribution in [0.15, 0.2) is 18.5 Å². The summed E-state index contributed by atoms with van der Waals surface area (Å²) in [5.41, 5.74) is 6.02. The predicted octanol–water partition coefficient (Wildman–Crippen LogP) is 2.42. The third kappa shape index (κ3) is 4.74. The standard InChI is InChI=1S/C20H26N6O5P/c1-13(19(27)29-9-14-3-2-4-14)25-32(28)30-11-20(10-21)8-7-17(31-20)15-5-6-16-18(22)23-12-24-26(15)16/h5-6,12-14,17H,2-4,7-9,11H2,1H3,(H,25,28)(H2,22,23,24)/q+1/t13-,17+,20+/m0/s1. The summed E-state index contributed by atoms with van der Waals surface area (Å²) < 4.78 is 30.6. The first-order valence-electron chi connectivity index (χ1n) is 10.6. The van der Waals surface area contributed by atoms with Gasteiger partial charge in [0.1, 0.15) is 36.7 Å². The molecule has 1 aliphatic carbocycles. The van der Waals surface area contributed by atoms with Gasteiger partial charge < -0.3 is 15.2 Å². The summed E-state index contributed by atoms with van der Waals surface area (Å²) in [6.07, 6.45) is 5.22. The third-order valence-electron chi connectivity index (χ3n) is 5.98. The molecule has 170 valence electrons. The molecule has 0 aromatic carbocycles. The molecule has 0 amide bonds.